The van der Waals surface area contributed by atoms with Crippen LogP contribution in [0.5, 0.6) is 5.88 Å². The van der Waals surface area contributed by atoms with E-state index in [4.69, 9.17) is 9.47 Å². The number of aliphatic imine (C=N–C) groups is 1. The van der Waals surface area contributed by atoms with Gasteiger partial charge in [-0.2, -0.15) is 13.2 Å². The van der Waals surface area contributed by atoms with E-state index in [1.165, 1.54) is 6.20 Å². The zero-order valence-electron chi connectivity index (χ0n) is 16.3. The summed E-state index contributed by atoms with van der Waals surface area (Å²) in [6, 6.07) is 3.25. The Morgan fingerprint density at radius 1 is 1.41 bits per heavy atom. The fourth-order valence-electron chi connectivity index (χ4n) is 2.91. The maximum atomic E-state index is 12.4. The number of aromatic nitrogens is 1. The molecule has 3 N–H and O–H groups in total. The summed E-state index contributed by atoms with van der Waals surface area (Å²) in [6.07, 6.45) is -1.59. The third-order valence-electron chi connectivity index (χ3n) is 4.43. The highest BCUT2D eigenvalue weighted by Gasteiger charge is 2.34. The third-order valence-corrected chi connectivity index (χ3v) is 4.43. The van der Waals surface area contributed by atoms with Crippen LogP contribution in [0.2, 0.25) is 0 Å². The lowest BCUT2D eigenvalue weighted by atomic mass is 9.84. The highest BCUT2D eigenvalue weighted by molar-refractivity contribution is 14.0. The Morgan fingerprint density at radius 2 is 2.21 bits per heavy atom. The van der Waals surface area contributed by atoms with Crippen molar-refractivity contribution in [2.24, 2.45) is 10.4 Å². The number of pyridine rings is 1. The first-order valence-corrected chi connectivity index (χ1v) is 9.22. The van der Waals surface area contributed by atoms with Crippen molar-refractivity contribution >= 4 is 29.9 Å². The lowest BCUT2D eigenvalue weighted by Gasteiger charge is -2.27. The molecular formula is C18H28F3IN4O3. The number of nitrogens with one attached hydrogen (secondary N) is 2. The van der Waals surface area contributed by atoms with Gasteiger partial charge in [0.2, 0.25) is 5.88 Å². The van der Waals surface area contributed by atoms with Crippen LogP contribution in [0, 0.1) is 5.41 Å². The summed E-state index contributed by atoms with van der Waals surface area (Å²) >= 11 is 0. The van der Waals surface area contributed by atoms with Gasteiger partial charge in [0.1, 0.15) is 0 Å². The van der Waals surface area contributed by atoms with Gasteiger partial charge < -0.3 is 25.2 Å². The fourth-order valence-corrected chi connectivity index (χ4v) is 2.91. The van der Waals surface area contributed by atoms with Crippen LogP contribution in [0.4, 0.5) is 13.2 Å². The lowest BCUT2D eigenvalue weighted by Crippen LogP contribution is -2.44. The van der Waals surface area contributed by atoms with Crippen LogP contribution in [0.1, 0.15) is 25.3 Å². The van der Waals surface area contributed by atoms with Crippen molar-refractivity contribution in [3.05, 3.63) is 23.9 Å². The van der Waals surface area contributed by atoms with Gasteiger partial charge in [0.15, 0.2) is 12.6 Å². The predicted molar refractivity (Wildman–Crippen MR) is 114 cm³/mol. The molecule has 0 bridgehead atoms. The Bertz CT molecular complexity index is 641. The summed E-state index contributed by atoms with van der Waals surface area (Å²) in [5, 5.41) is 15.7. The van der Waals surface area contributed by atoms with Gasteiger partial charge in [-0.15, -0.1) is 24.0 Å². The number of ether oxygens (including phenoxy) is 2. The topological polar surface area (TPSA) is 88.0 Å². The largest absolute Gasteiger partial charge is 0.468 e. The molecule has 7 nitrogen and oxygen atoms in total. The molecule has 1 unspecified atom stereocenters. The second-order valence-electron chi connectivity index (χ2n) is 6.70. The molecule has 1 saturated heterocycles. The number of rotatable bonds is 9. The van der Waals surface area contributed by atoms with Crippen molar-refractivity contribution in [3.63, 3.8) is 0 Å². The number of aliphatic hydroxyl groups excluding tert-OH is 1. The molecular weight excluding hydrogens is 504 g/mol. The van der Waals surface area contributed by atoms with Gasteiger partial charge in [-0.25, -0.2) is 9.98 Å². The Hall–Kier alpha value is -1.34. The molecule has 0 radical (unpaired) electrons. The van der Waals surface area contributed by atoms with E-state index in [0.717, 1.165) is 6.42 Å². The summed E-state index contributed by atoms with van der Waals surface area (Å²) in [7, 11) is 0. The van der Waals surface area contributed by atoms with Crippen LogP contribution in [-0.2, 0) is 11.3 Å². The van der Waals surface area contributed by atoms with Crippen LogP contribution in [0.15, 0.2) is 23.3 Å². The van der Waals surface area contributed by atoms with Crippen molar-refractivity contribution in [2.45, 2.75) is 32.5 Å². The number of halogens is 4. The van der Waals surface area contributed by atoms with Crippen LogP contribution in [-0.4, -0.2) is 61.7 Å². The van der Waals surface area contributed by atoms with E-state index in [-0.39, 0.29) is 48.4 Å². The number of aliphatic hydroxyl groups is 1. The molecule has 1 aliphatic heterocycles. The first kappa shape index (κ1) is 25.7. The summed E-state index contributed by atoms with van der Waals surface area (Å²) in [4.78, 5) is 8.30. The molecule has 166 valence electrons. The second-order valence-corrected chi connectivity index (χ2v) is 6.70. The predicted octanol–water partition coefficient (Wildman–Crippen LogP) is 2.48. The Balaban J connectivity index is 0.00000420. The van der Waals surface area contributed by atoms with E-state index < -0.39 is 12.8 Å². The highest BCUT2D eigenvalue weighted by atomic mass is 127. The van der Waals surface area contributed by atoms with Crippen LogP contribution < -0.4 is 15.4 Å². The van der Waals surface area contributed by atoms with Gasteiger partial charge in [-0.1, -0.05) is 6.07 Å². The summed E-state index contributed by atoms with van der Waals surface area (Å²) in [5.74, 6) is 0.442. The van der Waals surface area contributed by atoms with E-state index >= 15 is 0 Å². The molecule has 0 saturated carbocycles. The smallest absolute Gasteiger partial charge is 0.422 e. The molecule has 1 fully saturated rings. The molecule has 11 heteroatoms. The molecule has 1 aliphatic rings. The minimum atomic E-state index is -4.43. The van der Waals surface area contributed by atoms with E-state index in [9.17, 15) is 18.3 Å². The summed E-state index contributed by atoms with van der Waals surface area (Å²) in [6.45, 7) is 3.13. The zero-order chi connectivity index (χ0) is 20.5. The van der Waals surface area contributed by atoms with Gasteiger partial charge in [-0.05, 0) is 25.8 Å². The normalized spacial score (nSPS) is 19.6. The highest BCUT2D eigenvalue weighted by Crippen LogP contribution is 2.31. The van der Waals surface area contributed by atoms with Gasteiger partial charge in [0.25, 0.3) is 0 Å². The molecule has 1 atom stereocenters. The number of guanidine groups is 1. The maximum absolute atomic E-state index is 12.4. The molecule has 0 aromatic carbocycles. The second kappa shape index (κ2) is 12.4. The molecule has 0 aliphatic carbocycles. The minimum Gasteiger partial charge on any atom is -0.468 e. The van der Waals surface area contributed by atoms with Gasteiger partial charge >= 0.3 is 6.18 Å². The standard InChI is InChI=1S/C18H27F3N4O3.HI/c1-2-22-16(25-11-17(5-8-26)6-9-27-12-17)24-10-14-4-3-7-23-15(14)28-13-18(19,20)21;/h3-4,7,26H,2,5-6,8-13H2,1H3,(H2,22,24,25);1H. The summed E-state index contributed by atoms with van der Waals surface area (Å²) < 4.78 is 47.5. The molecule has 29 heavy (non-hydrogen) atoms. The number of nitrogens with zero attached hydrogens (tertiary/aromatic N) is 2. The summed E-state index contributed by atoms with van der Waals surface area (Å²) in [5.41, 5.74) is 0.304. The minimum absolute atomic E-state index is 0. The SMILES string of the molecule is CCNC(=NCc1cccnc1OCC(F)(F)F)NCC1(CCO)CCOC1.I. The van der Waals surface area contributed by atoms with E-state index in [1.807, 2.05) is 6.92 Å². The zero-order valence-corrected chi connectivity index (χ0v) is 18.6. The molecule has 0 amide bonds. The Labute approximate surface area is 185 Å². The van der Waals surface area contributed by atoms with Gasteiger partial charge in [0.05, 0.1) is 13.2 Å². The quantitative estimate of drug-likeness (QED) is 0.258. The molecule has 2 heterocycles. The number of hydrogen-bond acceptors (Lipinski definition) is 5. The Kier molecular flexibility index (Phi) is 11.0. The van der Waals surface area contributed by atoms with Crippen molar-refractivity contribution < 1.29 is 27.8 Å². The van der Waals surface area contributed by atoms with Crippen LogP contribution >= 0.6 is 24.0 Å². The first-order valence-electron chi connectivity index (χ1n) is 9.22. The van der Waals surface area contributed by atoms with E-state index in [2.05, 4.69) is 20.6 Å². The molecule has 0 spiro atoms. The van der Waals surface area contributed by atoms with E-state index in [0.29, 0.717) is 44.2 Å². The number of alkyl halides is 3. The lowest BCUT2D eigenvalue weighted by molar-refractivity contribution is -0.154. The van der Waals surface area contributed by atoms with Crippen LogP contribution in [0.3, 0.4) is 0 Å². The molecule has 1 aromatic heterocycles. The van der Waals surface area contributed by atoms with Crippen molar-refractivity contribution in [1.82, 2.24) is 15.6 Å². The van der Waals surface area contributed by atoms with Crippen molar-refractivity contribution in [1.29, 1.82) is 0 Å². The average molecular weight is 532 g/mol. The van der Waals surface area contributed by atoms with Gasteiger partial charge in [-0.3, -0.25) is 0 Å². The third kappa shape index (κ3) is 8.91. The monoisotopic (exact) mass is 532 g/mol. The van der Waals surface area contributed by atoms with Crippen LogP contribution in [0.25, 0.3) is 0 Å². The average Bonchev–Trinajstić information content (AvgIpc) is 3.11. The first-order chi connectivity index (χ1) is 13.4. The van der Waals surface area contributed by atoms with Crippen molar-refractivity contribution in [3.8, 4) is 5.88 Å². The maximum Gasteiger partial charge on any atom is 0.422 e. The molecule has 2 rings (SSSR count). The van der Waals surface area contributed by atoms with Gasteiger partial charge in [0, 0.05) is 43.5 Å². The molecule has 1 aromatic rings. The number of hydrogen-bond donors (Lipinski definition) is 3. The van der Waals surface area contributed by atoms with Crippen molar-refractivity contribution in [2.75, 3.05) is 39.5 Å². The fraction of sp³-hybridized carbons (Fsp3) is 0.667. The Morgan fingerprint density at radius 3 is 2.83 bits per heavy atom. The van der Waals surface area contributed by atoms with E-state index in [1.54, 1.807) is 12.1 Å².